The van der Waals surface area contributed by atoms with Gasteiger partial charge in [-0.1, -0.05) is 50.2 Å². The van der Waals surface area contributed by atoms with Crippen LogP contribution in [0, 0.1) is 0 Å². The lowest BCUT2D eigenvalue weighted by Gasteiger charge is -2.26. The number of rotatable bonds is 4. The summed E-state index contributed by atoms with van der Waals surface area (Å²) in [6.07, 6.45) is 2.52. The van der Waals surface area contributed by atoms with Crippen molar-refractivity contribution in [1.82, 2.24) is 4.90 Å². The lowest BCUT2D eigenvalue weighted by Crippen LogP contribution is -2.32. The first-order valence-corrected chi connectivity index (χ1v) is 10.7. The number of amides is 1. The van der Waals surface area contributed by atoms with Crippen molar-refractivity contribution in [2.24, 2.45) is 0 Å². The molecule has 2 aromatic rings. The first kappa shape index (κ1) is 21.0. The number of hydrogen-bond donors (Lipinski definition) is 0. The van der Waals surface area contributed by atoms with E-state index in [9.17, 15) is 9.59 Å². The first-order valence-electron chi connectivity index (χ1n) is 10.3. The number of allylic oxidation sites excluding steroid dienone is 3. The van der Waals surface area contributed by atoms with Crippen LogP contribution in [0.4, 0.5) is 11.4 Å². The number of aldehydes is 1. The predicted octanol–water partition coefficient (Wildman–Crippen LogP) is 4.40. The van der Waals surface area contributed by atoms with Gasteiger partial charge in [0.2, 0.25) is 0 Å². The van der Waals surface area contributed by atoms with Crippen LogP contribution in [0.3, 0.4) is 0 Å². The Balaban J connectivity index is 1.91. The maximum atomic E-state index is 13.2. The molecular formula is C25H25N3O2S. The van der Waals surface area contributed by atoms with Gasteiger partial charge in [-0.15, -0.1) is 0 Å². The van der Waals surface area contributed by atoms with E-state index >= 15 is 0 Å². The summed E-state index contributed by atoms with van der Waals surface area (Å²) in [7, 11) is 1.96. The summed E-state index contributed by atoms with van der Waals surface area (Å²) in [6, 6.07) is 17.6. The second-order valence-corrected chi connectivity index (χ2v) is 8.52. The van der Waals surface area contributed by atoms with Gasteiger partial charge in [0, 0.05) is 41.7 Å². The van der Waals surface area contributed by atoms with Crippen molar-refractivity contribution in [3.05, 3.63) is 83.2 Å². The summed E-state index contributed by atoms with van der Waals surface area (Å²) >= 11 is 5.62. The molecule has 0 aromatic heterocycles. The first-order chi connectivity index (χ1) is 14.8. The molecule has 1 saturated heterocycles. The molecular weight excluding hydrogens is 406 g/mol. The summed E-state index contributed by atoms with van der Waals surface area (Å²) in [5.74, 6) is -0.202. The van der Waals surface area contributed by atoms with E-state index in [1.54, 1.807) is 15.9 Å². The smallest absolute Gasteiger partial charge is 0.277 e. The zero-order chi connectivity index (χ0) is 22.3. The van der Waals surface area contributed by atoms with Gasteiger partial charge >= 0.3 is 0 Å². The second kappa shape index (κ2) is 7.78. The third-order valence-electron chi connectivity index (χ3n) is 6.02. The van der Waals surface area contributed by atoms with Gasteiger partial charge in [-0.3, -0.25) is 19.4 Å². The zero-order valence-corrected chi connectivity index (χ0v) is 18.9. The van der Waals surface area contributed by atoms with Crippen molar-refractivity contribution >= 4 is 40.9 Å². The molecule has 2 aromatic carbocycles. The standard InChI is InChI=1S/C25H25N3O2S/c1-5-27-23(30)21(28(24(27)31)18-11-7-6-8-12-18)15-17(16-29)22-25(2,3)19-13-9-10-14-20(19)26(22)4/h6-16H,5H2,1-4H3/b21-15-,22-17+. The topological polar surface area (TPSA) is 43.9 Å². The predicted molar refractivity (Wildman–Crippen MR) is 128 cm³/mol. The van der Waals surface area contributed by atoms with E-state index in [0.717, 1.165) is 28.9 Å². The molecule has 0 N–H and O–H groups in total. The molecule has 2 aliphatic heterocycles. The average molecular weight is 432 g/mol. The Hall–Kier alpha value is -3.25. The number of likely N-dealkylation sites (N-methyl/N-ethyl adjacent to an activating group) is 2. The SMILES string of the molecule is CCN1C(=O)/C(=C/C(C=O)=C2\N(C)c3ccccc3C2(C)C)N(c2ccccc2)C1=S. The molecule has 6 heteroatoms. The van der Waals surface area contributed by atoms with E-state index in [1.807, 2.05) is 67.4 Å². The molecule has 158 valence electrons. The van der Waals surface area contributed by atoms with Crippen molar-refractivity contribution in [2.75, 3.05) is 23.4 Å². The monoisotopic (exact) mass is 431 g/mol. The van der Waals surface area contributed by atoms with Crippen LogP contribution in [0.1, 0.15) is 26.3 Å². The van der Waals surface area contributed by atoms with Crippen LogP contribution in [0.15, 0.2) is 77.6 Å². The Morgan fingerprint density at radius 1 is 1.06 bits per heavy atom. The van der Waals surface area contributed by atoms with Gasteiger partial charge in [-0.25, -0.2) is 0 Å². The molecule has 1 amide bonds. The Labute approximate surface area is 188 Å². The van der Waals surface area contributed by atoms with E-state index in [1.165, 1.54) is 0 Å². The largest absolute Gasteiger partial charge is 0.346 e. The highest BCUT2D eigenvalue weighted by Gasteiger charge is 2.42. The minimum atomic E-state index is -0.386. The third kappa shape index (κ3) is 3.18. The maximum Gasteiger partial charge on any atom is 0.277 e. The molecule has 0 saturated carbocycles. The van der Waals surface area contributed by atoms with Crippen molar-refractivity contribution in [2.45, 2.75) is 26.2 Å². The number of hydrogen-bond acceptors (Lipinski definition) is 4. The van der Waals surface area contributed by atoms with Crippen LogP contribution in [-0.2, 0) is 15.0 Å². The van der Waals surface area contributed by atoms with Gasteiger partial charge in [-0.2, -0.15) is 0 Å². The molecule has 0 atom stereocenters. The van der Waals surface area contributed by atoms with Crippen molar-refractivity contribution in [3.8, 4) is 0 Å². The summed E-state index contributed by atoms with van der Waals surface area (Å²) < 4.78 is 0. The number of carbonyl (C=O) groups is 2. The van der Waals surface area contributed by atoms with Crippen LogP contribution in [0.5, 0.6) is 0 Å². The molecule has 0 unspecified atom stereocenters. The quantitative estimate of drug-likeness (QED) is 0.408. The second-order valence-electron chi connectivity index (χ2n) is 8.16. The summed E-state index contributed by atoms with van der Waals surface area (Å²) in [6.45, 7) is 6.55. The number of carbonyl (C=O) groups excluding carboxylic acids is 2. The summed E-state index contributed by atoms with van der Waals surface area (Å²) in [4.78, 5) is 30.9. The maximum absolute atomic E-state index is 13.2. The number of anilines is 2. The van der Waals surface area contributed by atoms with E-state index < -0.39 is 0 Å². The Kier molecular flexibility index (Phi) is 5.27. The van der Waals surface area contributed by atoms with Gasteiger partial charge in [0.1, 0.15) is 5.70 Å². The molecule has 31 heavy (non-hydrogen) atoms. The number of para-hydroxylation sites is 2. The van der Waals surface area contributed by atoms with Crippen LogP contribution in [0.2, 0.25) is 0 Å². The minimum absolute atomic E-state index is 0.202. The average Bonchev–Trinajstić information content (AvgIpc) is 3.13. The van der Waals surface area contributed by atoms with Crippen molar-refractivity contribution in [1.29, 1.82) is 0 Å². The Morgan fingerprint density at radius 2 is 1.71 bits per heavy atom. The fourth-order valence-electron chi connectivity index (χ4n) is 4.60. The van der Waals surface area contributed by atoms with E-state index in [2.05, 4.69) is 19.9 Å². The highest BCUT2D eigenvalue weighted by molar-refractivity contribution is 7.80. The van der Waals surface area contributed by atoms with Gasteiger partial charge in [0.15, 0.2) is 11.4 Å². The number of nitrogens with zero attached hydrogens (tertiary/aromatic N) is 3. The molecule has 0 bridgehead atoms. The van der Waals surface area contributed by atoms with Crippen molar-refractivity contribution < 1.29 is 9.59 Å². The molecule has 4 rings (SSSR count). The van der Waals surface area contributed by atoms with E-state index in [0.29, 0.717) is 22.9 Å². The van der Waals surface area contributed by atoms with Gasteiger partial charge in [-0.05, 0) is 49.0 Å². The van der Waals surface area contributed by atoms with Crippen molar-refractivity contribution in [3.63, 3.8) is 0 Å². The van der Waals surface area contributed by atoms with Gasteiger partial charge in [0.05, 0.1) is 0 Å². The normalized spacial score (nSPS) is 20.5. The Bertz CT molecular complexity index is 1130. The highest BCUT2D eigenvalue weighted by atomic mass is 32.1. The molecule has 1 fully saturated rings. The third-order valence-corrected chi connectivity index (χ3v) is 6.42. The van der Waals surface area contributed by atoms with Gasteiger partial charge < -0.3 is 4.90 Å². The van der Waals surface area contributed by atoms with Crippen LogP contribution < -0.4 is 9.80 Å². The van der Waals surface area contributed by atoms with E-state index in [4.69, 9.17) is 12.2 Å². The molecule has 5 nitrogen and oxygen atoms in total. The molecule has 2 aliphatic rings. The molecule has 0 aliphatic carbocycles. The minimum Gasteiger partial charge on any atom is -0.346 e. The van der Waals surface area contributed by atoms with Crippen LogP contribution in [0.25, 0.3) is 0 Å². The summed E-state index contributed by atoms with van der Waals surface area (Å²) in [5, 5.41) is 0.419. The Morgan fingerprint density at radius 3 is 2.32 bits per heavy atom. The number of thiocarbonyl (C=S) groups is 1. The summed E-state index contributed by atoms with van der Waals surface area (Å²) in [5.41, 5.74) is 4.32. The lowest BCUT2D eigenvalue weighted by atomic mass is 9.82. The number of benzene rings is 2. The lowest BCUT2D eigenvalue weighted by molar-refractivity contribution is -0.122. The molecule has 2 heterocycles. The number of fused-ring (bicyclic) bond motifs is 1. The highest BCUT2D eigenvalue weighted by Crippen LogP contribution is 2.48. The fourth-order valence-corrected chi connectivity index (χ4v) is 5.01. The molecule has 0 spiro atoms. The zero-order valence-electron chi connectivity index (χ0n) is 18.1. The van der Waals surface area contributed by atoms with E-state index in [-0.39, 0.29) is 11.3 Å². The van der Waals surface area contributed by atoms with Crippen LogP contribution in [-0.4, -0.2) is 35.8 Å². The van der Waals surface area contributed by atoms with Crippen LogP contribution >= 0.6 is 12.2 Å². The fraction of sp³-hybridized carbons (Fsp3) is 0.240. The van der Waals surface area contributed by atoms with Gasteiger partial charge in [0.25, 0.3) is 5.91 Å². The molecule has 0 radical (unpaired) electrons.